The molecule has 1 atom stereocenters. The van der Waals surface area contributed by atoms with Gasteiger partial charge in [0.1, 0.15) is 11.6 Å². The number of hydrogen-bond acceptors (Lipinski definition) is 9. The predicted octanol–water partition coefficient (Wildman–Crippen LogP) is 2.06. The molecule has 1 aliphatic rings. The summed E-state index contributed by atoms with van der Waals surface area (Å²) in [5.41, 5.74) is 6.64. The first-order valence-corrected chi connectivity index (χ1v) is 15.5. The average Bonchev–Trinajstić information content (AvgIpc) is 2.85. The van der Waals surface area contributed by atoms with E-state index in [1.807, 2.05) is 26.0 Å². The SMILES string of the molecule is CCC(CC)OC(=O)C(N)(CCCCB(O)O)CCCN1CCN(Cc2ccc(S(C)(=O)=O)cc2)CC1. The Bertz CT molecular complexity index is 919. The van der Waals surface area contributed by atoms with E-state index in [2.05, 4.69) is 9.80 Å². The lowest BCUT2D eigenvalue weighted by Gasteiger charge is -2.35. The van der Waals surface area contributed by atoms with Crippen molar-refractivity contribution in [3.63, 3.8) is 0 Å². The normalized spacial score (nSPS) is 17.1. The number of sulfone groups is 1. The molecule has 1 heterocycles. The third-order valence-electron chi connectivity index (χ3n) is 7.25. The van der Waals surface area contributed by atoms with Crippen molar-refractivity contribution in [3.05, 3.63) is 29.8 Å². The molecule has 1 unspecified atom stereocenters. The van der Waals surface area contributed by atoms with Crippen molar-refractivity contribution >= 4 is 22.9 Å². The van der Waals surface area contributed by atoms with Crippen LogP contribution in [0.25, 0.3) is 0 Å². The molecule has 1 saturated heterocycles. The molecular formula is C26H46BN3O6S. The highest BCUT2D eigenvalue weighted by atomic mass is 32.2. The monoisotopic (exact) mass is 539 g/mol. The van der Waals surface area contributed by atoms with Gasteiger partial charge < -0.3 is 25.4 Å². The van der Waals surface area contributed by atoms with Gasteiger partial charge in [-0.1, -0.05) is 38.8 Å². The highest BCUT2D eigenvalue weighted by molar-refractivity contribution is 7.90. The molecule has 0 radical (unpaired) electrons. The van der Waals surface area contributed by atoms with Gasteiger partial charge in [-0.15, -0.1) is 0 Å². The predicted molar refractivity (Wildman–Crippen MR) is 147 cm³/mol. The Kier molecular flexibility index (Phi) is 13.0. The van der Waals surface area contributed by atoms with E-state index >= 15 is 0 Å². The van der Waals surface area contributed by atoms with Crippen LogP contribution in [0.4, 0.5) is 0 Å². The first kappa shape index (κ1) is 31.7. The lowest BCUT2D eigenvalue weighted by atomic mass is 9.81. The second-order valence-electron chi connectivity index (χ2n) is 10.4. The Hall–Kier alpha value is -1.50. The van der Waals surface area contributed by atoms with Crippen molar-refractivity contribution in [2.75, 3.05) is 39.0 Å². The van der Waals surface area contributed by atoms with Gasteiger partial charge >= 0.3 is 13.1 Å². The zero-order valence-corrected chi connectivity index (χ0v) is 23.6. The van der Waals surface area contributed by atoms with Gasteiger partial charge in [-0.3, -0.25) is 9.69 Å². The van der Waals surface area contributed by atoms with E-state index in [0.717, 1.165) is 64.1 Å². The molecule has 4 N–H and O–H groups in total. The second-order valence-corrected chi connectivity index (χ2v) is 12.4. The minimum absolute atomic E-state index is 0.134. The fourth-order valence-corrected chi connectivity index (χ4v) is 5.34. The van der Waals surface area contributed by atoms with Crippen molar-refractivity contribution in [3.8, 4) is 0 Å². The number of piperazine rings is 1. The molecule has 0 saturated carbocycles. The summed E-state index contributed by atoms with van der Waals surface area (Å²) in [5, 5.41) is 18.2. The fraction of sp³-hybridized carbons (Fsp3) is 0.731. The van der Waals surface area contributed by atoms with Crippen LogP contribution in [0.2, 0.25) is 6.32 Å². The molecule has 210 valence electrons. The zero-order valence-electron chi connectivity index (χ0n) is 22.8. The number of carbonyl (C=O) groups is 1. The second kappa shape index (κ2) is 15.2. The Morgan fingerprint density at radius 2 is 1.59 bits per heavy atom. The molecular weight excluding hydrogens is 493 g/mol. The molecule has 0 amide bonds. The quantitative estimate of drug-likeness (QED) is 0.164. The number of esters is 1. The molecule has 0 bridgehead atoms. The maximum Gasteiger partial charge on any atom is 0.451 e. The number of nitrogens with two attached hydrogens (primary N) is 1. The van der Waals surface area contributed by atoms with Crippen LogP contribution in [0.15, 0.2) is 29.2 Å². The van der Waals surface area contributed by atoms with Crippen molar-refractivity contribution in [1.82, 2.24) is 9.80 Å². The number of benzene rings is 1. The van der Waals surface area contributed by atoms with Crippen LogP contribution in [0.5, 0.6) is 0 Å². The maximum atomic E-state index is 13.0. The van der Waals surface area contributed by atoms with Gasteiger partial charge in [0.05, 0.1) is 4.90 Å². The minimum atomic E-state index is -3.18. The molecule has 1 fully saturated rings. The topological polar surface area (TPSA) is 133 Å². The number of ether oxygens (including phenoxy) is 1. The van der Waals surface area contributed by atoms with E-state index in [-0.39, 0.29) is 18.4 Å². The molecule has 0 spiro atoms. The van der Waals surface area contributed by atoms with Gasteiger partial charge in [0.25, 0.3) is 0 Å². The average molecular weight is 540 g/mol. The number of rotatable bonds is 16. The van der Waals surface area contributed by atoms with Crippen LogP contribution < -0.4 is 5.73 Å². The van der Waals surface area contributed by atoms with Gasteiger partial charge in [0.2, 0.25) is 0 Å². The number of nitrogens with zero attached hydrogens (tertiary/aromatic N) is 2. The molecule has 11 heteroatoms. The Balaban J connectivity index is 1.82. The summed E-state index contributed by atoms with van der Waals surface area (Å²) in [6, 6.07) is 7.09. The van der Waals surface area contributed by atoms with Crippen LogP contribution in [-0.2, 0) is 25.9 Å². The molecule has 0 aromatic heterocycles. The summed E-state index contributed by atoms with van der Waals surface area (Å²) in [6.45, 7) is 9.30. The van der Waals surface area contributed by atoms with Gasteiger partial charge in [-0.05, 0) is 62.7 Å². The number of carbonyl (C=O) groups excluding carboxylic acids is 1. The smallest absolute Gasteiger partial charge is 0.451 e. The van der Waals surface area contributed by atoms with E-state index in [1.54, 1.807) is 12.1 Å². The van der Waals surface area contributed by atoms with Crippen LogP contribution >= 0.6 is 0 Å². The summed E-state index contributed by atoms with van der Waals surface area (Å²) in [4.78, 5) is 18.1. The number of unbranched alkanes of at least 4 members (excludes halogenated alkanes) is 1. The molecule has 37 heavy (non-hydrogen) atoms. The van der Waals surface area contributed by atoms with Crippen LogP contribution in [0, 0.1) is 0 Å². The van der Waals surface area contributed by atoms with Crippen molar-refractivity contribution in [1.29, 1.82) is 0 Å². The minimum Gasteiger partial charge on any atom is -0.461 e. The molecule has 9 nitrogen and oxygen atoms in total. The van der Waals surface area contributed by atoms with Gasteiger partial charge in [-0.2, -0.15) is 0 Å². The van der Waals surface area contributed by atoms with Crippen LogP contribution in [0.3, 0.4) is 0 Å². The lowest BCUT2D eigenvalue weighted by molar-refractivity contribution is -0.157. The largest absolute Gasteiger partial charge is 0.461 e. The van der Waals surface area contributed by atoms with Crippen molar-refractivity contribution in [2.24, 2.45) is 5.73 Å². The third kappa shape index (κ3) is 11.0. The maximum absolute atomic E-state index is 13.0. The van der Waals surface area contributed by atoms with E-state index in [9.17, 15) is 13.2 Å². The Labute approximate surface area is 223 Å². The van der Waals surface area contributed by atoms with Gasteiger partial charge in [0, 0.05) is 39.0 Å². The molecule has 0 aliphatic carbocycles. The van der Waals surface area contributed by atoms with E-state index in [0.29, 0.717) is 30.6 Å². The van der Waals surface area contributed by atoms with E-state index in [1.165, 1.54) is 6.26 Å². The van der Waals surface area contributed by atoms with Crippen LogP contribution in [0.1, 0.15) is 64.4 Å². The summed E-state index contributed by atoms with van der Waals surface area (Å²) in [5.74, 6) is -0.350. The van der Waals surface area contributed by atoms with E-state index < -0.39 is 22.5 Å². The highest BCUT2D eigenvalue weighted by Gasteiger charge is 2.36. The standard InChI is InChI=1S/C26H46BN3O6S/c1-4-23(5-2)36-25(31)26(28,13-6-7-15-27(32)33)14-8-16-29-17-19-30(20-18-29)21-22-9-11-24(12-10-22)37(3,34)35/h9-12,23,32-33H,4-8,13-21,28H2,1-3H3. The van der Waals surface area contributed by atoms with Crippen molar-refractivity contribution in [2.45, 2.75) is 88.2 Å². The molecule has 1 aromatic carbocycles. The first-order valence-electron chi connectivity index (χ1n) is 13.6. The summed E-state index contributed by atoms with van der Waals surface area (Å²) in [6.07, 6.45) is 5.85. The van der Waals surface area contributed by atoms with Crippen LogP contribution in [-0.4, -0.2) is 92.0 Å². The first-order chi connectivity index (χ1) is 17.5. The summed E-state index contributed by atoms with van der Waals surface area (Å²) >= 11 is 0. The Morgan fingerprint density at radius 3 is 2.14 bits per heavy atom. The fourth-order valence-electron chi connectivity index (χ4n) is 4.71. The molecule has 2 rings (SSSR count). The molecule has 1 aromatic rings. The van der Waals surface area contributed by atoms with Crippen molar-refractivity contribution < 1.29 is 28.0 Å². The summed E-state index contributed by atoms with van der Waals surface area (Å²) in [7, 11) is -4.52. The highest BCUT2D eigenvalue weighted by Crippen LogP contribution is 2.23. The zero-order chi connectivity index (χ0) is 27.5. The summed E-state index contributed by atoms with van der Waals surface area (Å²) < 4.78 is 29.0. The molecule has 1 aliphatic heterocycles. The van der Waals surface area contributed by atoms with Gasteiger partial charge in [0.15, 0.2) is 9.84 Å². The van der Waals surface area contributed by atoms with Gasteiger partial charge in [-0.25, -0.2) is 8.42 Å². The number of hydrogen-bond donors (Lipinski definition) is 3. The lowest BCUT2D eigenvalue weighted by Crippen LogP contribution is -2.51. The third-order valence-corrected chi connectivity index (χ3v) is 8.37. The Morgan fingerprint density at radius 1 is 1.03 bits per heavy atom. The van der Waals surface area contributed by atoms with E-state index in [4.69, 9.17) is 20.5 Å².